The van der Waals surface area contributed by atoms with Gasteiger partial charge in [0.1, 0.15) is 11.5 Å². The molecule has 0 aliphatic heterocycles. The van der Waals surface area contributed by atoms with Crippen LogP contribution in [0.1, 0.15) is 12.5 Å². The molecule has 2 aromatic carbocycles. The maximum Gasteiger partial charge on any atom is 0.165 e. The van der Waals surface area contributed by atoms with E-state index in [1.165, 1.54) is 6.07 Å². The molecule has 0 radical (unpaired) electrons. The van der Waals surface area contributed by atoms with Crippen LogP contribution in [0.25, 0.3) is 0 Å². The molecule has 0 fully saturated rings. The molecule has 0 aliphatic carbocycles. The largest absolute Gasteiger partial charge is 0.497 e. The van der Waals surface area contributed by atoms with Crippen LogP contribution in [-0.2, 0) is 6.42 Å². The van der Waals surface area contributed by atoms with E-state index in [-0.39, 0.29) is 17.6 Å². The quantitative estimate of drug-likeness (QED) is 0.908. The molecule has 0 bridgehead atoms. The fourth-order valence-electron chi connectivity index (χ4n) is 1.90. The van der Waals surface area contributed by atoms with E-state index in [9.17, 15) is 4.39 Å². The van der Waals surface area contributed by atoms with Gasteiger partial charge in [0, 0.05) is 6.04 Å². The monoisotopic (exact) mass is 275 g/mol. The highest BCUT2D eigenvalue weighted by Gasteiger charge is 2.07. The minimum atomic E-state index is -0.390. The van der Waals surface area contributed by atoms with Gasteiger partial charge in [0.25, 0.3) is 0 Å². The van der Waals surface area contributed by atoms with Crippen LogP contribution in [0, 0.1) is 5.82 Å². The second-order valence-corrected chi connectivity index (χ2v) is 4.72. The van der Waals surface area contributed by atoms with Gasteiger partial charge >= 0.3 is 0 Å². The zero-order valence-electron chi connectivity index (χ0n) is 11.6. The molecule has 0 spiro atoms. The van der Waals surface area contributed by atoms with Gasteiger partial charge in [0.05, 0.1) is 7.11 Å². The Morgan fingerprint density at radius 1 is 1.10 bits per heavy atom. The van der Waals surface area contributed by atoms with Crippen molar-refractivity contribution in [2.75, 3.05) is 7.11 Å². The summed E-state index contributed by atoms with van der Waals surface area (Å²) in [5.41, 5.74) is 6.56. The van der Waals surface area contributed by atoms with Gasteiger partial charge in [-0.3, -0.25) is 0 Å². The lowest BCUT2D eigenvalue weighted by Gasteiger charge is -2.10. The van der Waals surface area contributed by atoms with Crippen LogP contribution >= 0.6 is 0 Å². The first-order chi connectivity index (χ1) is 9.58. The number of methoxy groups -OCH3 is 1. The normalized spacial score (nSPS) is 12.0. The molecule has 4 heteroatoms. The Morgan fingerprint density at radius 3 is 2.30 bits per heavy atom. The van der Waals surface area contributed by atoms with Crippen LogP contribution in [0.4, 0.5) is 4.39 Å². The van der Waals surface area contributed by atoms with Gasteiger partial charge in [-0.1, -0.05) is 6.07 Å². The van der Waals surface area contributed by atoms with Crippen molar-refractivity contribution in [3.05, 3.63) is 53.8 Å². The molecule has 1 atom stereocenters. The molecule has 1 unspecified atom stereocenters. The number of nitrogens with two attached hydrogens (primary N) is 1. The van der Waals surface area contributed by atoms with Gasteiger partial charge in [-0.2, -0.15) is 0 Å². The summed E-state index contributed by atoms with van der Waals surface area (Å²) in [5.74, 6) is 1.09. The lowest BCUT2D eigenvalue weighted by atomic mass is 10.1. The average molecular weight is 275 g/mol. The third-order valence-electron chi connectivity index (χ3n) is 2.84. The number of hydrogen-bond acceptors (Lipinski definition) is 3. The van der Waals surface area contributed by atoms with E-state index < -0.39 is 0 Å². The van der Waals surface area contributed by atoms with Crippen molar-refractivity contribution >= 4 is 0 Å². The SMILES string of the molecule is COc1ccc(Oc2ccc(CC(C)N)cc2F)cc1. The Morgan fingerprint density at radius 2 is 1.75 bits per heavy atom. The van der Waals surface area contributed by atoms with Gasteiger partial charge in [0.2, 0.25) is 0 Å². The Balaban J connectivity index is 2.12. The van der Waals surface area contributed by atoms with Gasteiger partial charge in [-0.15, -0.1) is 0 Å². The molecular formula is C16H18FNO2. The second-order valence-electron chi connectivity index (χ2n) is 4.72. The summed E-state index contributed by atoms with van der Waals surface area (Å²) in [7, 11) is 1.59. The highest BCUT2D eigenvalue weighted by molar-refractivity contribution is 5.37. The Labute approximate surface area is 118 Å². The van der Waals surface area contributed by atoms with E-state index in [0.29, 0.717) is 12.2 Å². The van der Waals surface area contributed by atoms with Gasteiger partial charge in [-0.25, -0.2) is 4.39 Å². The summed E-state index contributed by atoms with van der Waals surface area (Å²) >= 11 is 0. The molecule has 3 nitrogen and oxygen atoms in total. The Hall–Kier alpha value is -2.07. The molecule has 106 valence electrons. The molecule has 2 N–H and O–H groups in total. The standard InChI is InChI=1S/C16H18FNO2/c1-11(18)9-12-3-8-16(15(17)10-12)20-14-6-4-13(19-2)5-7-14/h3-8,10-11H,9,18H2,1-2H3. The van der Waals surface area contributed by atoms with Crippen molar-refractivity contribution in [2.45, 2.75) is 19.4 Å². The topological polar surface area (TPSA) is 44.5 Å². The molecule has 0 aliphatic rings. The summed E-state index contributed by atoms with van der Waals surface area (Å²) in [4.78, 5) is 0. The van der Waals surface area contributed by atoms with E-state index in [4.69, 9.17) is 15.2 Å². The molecule has 20 heavy (non-hydrogen) atoms. The van der Waals surface area contributed by atoms with Crippen molar-refractivity contribution in [2.24, 2.45) is 5.73 Å². The van der Waals surface area contributed by atoms with Crippen LogP contribution in [0.3, 0.4) is 0 Å². The van der Waals surface area contributed by atoms with Crippen LogP contribution in [0.15, 0.2) is 42.5 Å². The van der Waals surface area contributed by atoms with Crippen molar-refractivity contribution in [3.8, 4) is 17.2 Å². The second kappa shape index (κ2) is 6.39. The molecular weight excluding hydrogens is 257 g/mol. The number of halogens is 1. The lowest BCUT2D eigenvalue weighted by Crippen LogP contribution is -2.17. The molecule has 2 aromatic rings. The maximum absolute atomic E-state index is 13.9. The third kappa shape index (κ3) is 3.71. The number of ether oxygens (including phenoxy) is 2. The van der Waals surface area contributed by atoms with E-state index in [2.05, 4.69) is 0 Å². The lowest BCUT2D eigenvalue weighted by molar-refractivity contribution is 0.411. The first-order valence-electron chi connectivity index (χ1n) is 6.44. The molecule has 2 rings (SSSR count). The van der Waals surface area contributed by atoms with Gasteiger partial charge in [0.15, 0.2) is 11.6 Å². The molecule has 0 heterocycles. The Bertz CT molecular complexity index is 567. The zero-order chi connectivity index (χ0) is 14.5. The fraction of sp³-hybridized carbons (Fsp3) is 0.250. The summed E-state index contributed by atoms with van der Waals surface area (Å²) < 4.78 is 24.5. The molecule has 0 amide bonds. The first kappa shape index (κ1) is 14.3. The third-order valence-corrected chi connectivity index (χ3v) is 2.84. The zero-order valence-corrected chi connectivity index (χ0v) is 11.6. The highest BCUT2D eigenvalue weighted by Crippen LogP contribution is 2.26. The van der Waals surface area contributed by atoms with Crippen LogP contribution in [0.5, 0.6) is 17.2 Å². The predicted octanol–water partition coefficient (Wildman–Crippen LogP) is 3.52. The minimum absolute atomic E-state index is 0.00255. The molecule has 0 aromatic heterocycles. The van der Waals surface area contributed by atoms with E-state index >= 15 is 0 Å². The smallest absolute Gasteiger partial charge is 0.165 e. The van der Waals surface area contributed by atoms with E-state index in [1.54, 1.807) is 37.4 Å². The Kier molecular flexibility index (Phi) is 4.58. The summed E-state index contributed by atoms with van der Waals surface area (Å²) in [5, 5.41) is 0. The van der Waals surface area contributed by atoms with Crippen LogP contribution in [0.2, 0.25) is 0 Å². The van der Waals surface area contributed by atoms with Crippen LogP contribution in [-0.4, -0.2) is 13.2 Å². The van der Waals surface area contributed by atoms with Crippen LogP contribution < -0.4 is 15.2 Å². The summed E-state index contributed by atoms with van der Waals surface area (Å²) in [6.45, 7) is 1.89. The summed E-state index contributed by atoms with van der Waals surface area (Å²) in [6.07, 6.45) is 0.639. The molecule has 0 saturated carbocycles. The van der Waals surface area contributed by atoms with Gasteiger partial charge < -0.3 is 15.2 Å². The number of hydrogen-bond donors (Lipinski definition) is 1. The number of rotatable bonds is 5. The van der Waals surface area contributed by atoms with Gasteiger partial charge in [-0.05, 0) is 55.3 Å². The van der Waals surface area contributed by atoms with E-state index in [1.807, 2.05) is 13.0 Å². The highest BCUT2D eigenvalue weighted by atomic mass is 19.1. The fourth-order valence-corrected chi connectivity index (χ4v) is 1.90. The van der Waals surface area contributed by atoms with Crippen molar-refractivity contribution in [1.29, 1.82) is 0 Å². The van der Waals surface area contributed by atoms with Crippen molar-refractivity contribution in [1.82, 2.24) is 0 Å². The van der Waals surface area contributed by atoms with E-state index in [0.717, 1.165) is 11.3 Å². The molecule has 0 saturated heterocycles. The first-order valence-corrected chi connectivity index (χ1v) is 6.44. The average Bonchev–Trinajstić information content (AvgIpc) is 2.42. The maximum atomic E-state index is 13.9. The minimum Gasteiger partial charge on any atom is -0.497 e. The number of benzene rings is 2. The predicted molar refractivity (Wildman–Crippen MR) is 76.8 cm³/mol. The van der Waals surface area contributed by atoms with Crippen molar-refractivity contribution < 1.29 is 13.9 Å². The van der Waals surface area contributed by atoms with Crippen molar-refractivity contribution in [3.63, 3.8) is 0 Å². The summed E-state index contributed by atoms with van der Waals surface area (Å²) in [6, 6.07) is 11.9.